The number of rotatable bonds is 11. The van der Waals surface area contributed by atoms with Gasteiger partial charge in [-0.25, -0.2) is 0 Å². The molecule has 0 N–H and O–H groups in total. The normalized spacial score (nSPS) is 10.9. The molecule has 0 amide bonds. The van der Waals surface area contributed by atoms with E-state index in [1.807, 2.05) is 0 Å². The zero-order valence-electron chi connectivity index (χ0n) is 33.5. The van der Waals surface area contributed by atoms with Crippen molar-refractivity contribution < 1.29 is 0 Å². The number of aryl methyl sites for hydroxylation is 2. The van der Waals surface area contributed by atoms with Crippen molar-refractivity contribution in [2.24, 2.45) is 0 Å². The zero-order valence-corrected chi connectivity index (χ0v) is 33.5. The Hall–Kier alpha value is -7.42. The summed E-state index contributed by atoms with van der Waals surface area (Å²) in [6.07, 6.45) is 0.865. The minimum absolute atomic E-state index is 0.865. The second kappa shape index (κ2) is 17.0. The fourth-order valence-corrected chi connectivity index (χ4v) is 7.91. The first-order valence-corrected chi connectivity index (χ1v) is 20.4. The van der Waals surface area contributed by atoms with Crippen LogP contribution in [-0.4, -0.2) is 0 Å². The van der Waals surface area contributed by atoms with E-state index in [1.165, 1.54) is 55.6 Å². The highest BCUT2D eigenvalue weighted by atomic mass is 15.1. The molecular weight excluding hydrogens is 713 g/mol. The lowest BCUT2D eigenvalue weighted by molar-refractivity contribution is 1.18. The molecule has 9 aromatic rings. The van der Waals surface area contributed by atoms with Crippen molar-refractivity contribution in [3.8, 4) is 33.4 Å². The van der Waals surface area contributed by atoms with Crippen LogP contribution in [-0.2, 0) is 6.42 Å². The lowest BCUT2D eigenvalue weighted by Gasteiger charge is -2.26. The summed E-state index contributed by atoms with van der Waals surface area (Å²) in [6.45, 7) is 4.30. The molecule has 0 bridgehead atoms. The Balaban J connectivity index is 0.919. The molecule has 0 unspecified atom stereocenters. The number of benzene rings is 9. The van der Waals surface area contributed by atoms with Crippen molar-refractivity contribution >= 4 is 34.1 Å². The fourth-order valence-electron chi connectivity index (χ4n) is 7.91. The highest BCUT2D eigenvalue weighted by Crippen LogP contribution is 2.38. The van der Waals surface area contributed by atoms with Gasteiger partial charge >= 0.3 is 0 Å². The van der Waals surface area contributed by atoms with Gasteiger partial charge in [0.2, 0.25) is 0 Å². The van der Waals surface area contributed by atoms with Crippen LogP contribution in [0.2, 0.25) is 0 Å². The zero-order chi connectivity index (χ0) is 40.0. The minimum atomic E-state index is 0.865. The summed E-state index contributed by atoms with van der Waals surface area (Å²) >= 11 is 0. The van der Waals surface area contributed by atoms with E-state index in [0.29, 0.717) is 0 Å². The fraction of sp³-hybridized carbons (Fsp3) is 0.0526. The number of hydrogen-bond acceptors (Lipinski definition) is 2. The molecule has 0 saturated carbocycles. The Morgan fingerprint density at radius 1 is 0.254 bits per heavy atom. The summed E-state index contributed by atoms with van der Waals surface area (Å²) in [4.78, 5) is 4.68. The third-order valence-corrected chi connectivity index (χ3v) is 11.0. The van der Waals surface area contributed by atoms with Crippen molar-refractivity contribution in [2.45, 2.75) is 20.3 Å². The van der Waals surface area contributed by atoms with Crippen LogP contribution in [0.4, 0.5) is 34.1 Å². The number of hydrogen-bond donors (Lipinski definition) is 0. The highest BCUT2D eigenvalue weighted by Gasteiger charge is 2.15. The molecule has 0 saturated heterocycles. The van der Waals surface area contributed by atoms with Crippen LogP contribution >= 0.6 is 0 Å². The quantitative estimate of drug-likeness (QED) is 0.130. The van der Waals surface area contributed by atoms with Crippen LogP contribution in [0.1, 0.15) is 22.3 Å². The largest absolute Gasteiger partial charge is 0.310 e. The average molecular weight is 759 g/mol. The summed E-state index contributed by atoms with van der Waals surface area (Å²) in [6, 6.07) is 83.2. The van der Waals surface area contributed by atoms with Crippen molar-refractivity contribution in [1.29, 1.82) is 0 Å². The molecule has 0 aliphatic carbocycles. The molecule has 284 valence electrons. The van der Waals surface area contributed by atoms with Crippen molar-refractivity contribution in [1.82, 2.24) is 0 Å². The maximum absolute atomic E-state index is 2.34. The third kappa shape index (κ3) is 8.49. The van der Waals surface area contributed by atoms with Crippen molar-refractivity contribution in [3.63, 3.8) is 0 Å². The van der Waals surface area contributed by atoms with Crippen LogP contribution in [0.3, 0.4) is 0 Å². The summed E-state index contributed by atoms with van der Waals surface area (Å²) in [5.41, 5.74) is 19.1. The SMILES string of the molecule is Cc1cccc(N(c2ccc(Cc3ccc(-c4ccc(N(c5ccc(-c6ccccc6)cc5)c5cccc(C)c5)cc4)cc3)cc2)c2ccc(-c3ccccc3)cc2)c1. The first kappa shape index (κ1) is 37.2. The molecule has 0 atom stereocenters. The van der Waals surface area contributed by atoms with Crippen LogP contribution in [0.25, 0.3) is 33.4 Å². The van der Waals surface area contributed by atoms with Crippen molar-refractivity contribution in [2.75, 3.05) is 9.80 Å². The van der Waals surface area contributed by atoms with E-state index < -0.39 is 0 Å². The van der Waals surface area contributed by atoms with Gasteiger partial charge in [-0.1, -0.05) is 158 Å². The monoisotopic (exact) mass is 758 g/mol. The Morgan fingerprint density at radius 2 is 0.542 bits per heavy atom. The summed E-state index contributed by atoms with van der Waals surface area (Å²) < 4.78 is 0. The molecule has 2 nitrogen and oxygen atoms in total. The molecule has 9 aromatic carbocycles. The first-order valence-electron chi connectivity index (χ1n) is 20.4. The van der Waals surface area contributed by atoms with E-state index in [2.05, 4.69) is 254 Å². The number of anilines is 6. The van der Waals surface area contributed by atoms with Gasteiger partial charge in [-0.2, -0.15) is 0 Å². The minimum Gasteiger partial charge on any atom is -0.310 e. The predicted octanol–water partition coefficient (Wildman–Crippen LogP) is 15.8. The molecule has 0 spiro atoms. The van der Waals surface area contributed by atoms with Crippen LogP contribution < -0.4 is 9.80 Å². The lowest BCUT2D eigenvalue weighted by atomic mass is 9.99. The van der Waals surface area contributed by atoms with E-state index in [-0.39, 0.29) is 0 Å². The molecule has 9 rings (SSSR count). The summed E-state index contributed by atoms with van der Waals surface area (Å²) in [5, 5.41) is 0. The maximum atomic E-state index is 2.34. The van der Waals surface area contributed by atoms with Crippen LogP contribution in [0, 0.1) is 13.8 Å². The van der Waals surface area contributed by atoms with Crippen molar-refractivity contribution in [3.05, 3.63) is 253 Å². The van der Waals surface area contributed by atoms with E-state index >= 15 is 0 Å². The Bertz CT molecular complexity index is 2750. The van der Waals surface area contributed by atoms with E-state index in [1.54, 1.807) is 0 Å². The summed E-state index contributed by atoms with van der Waals surface area (Å²) in [5.74, 6) is 0. The Morgan fingerprint density at radius 3 is 0.881 bits per heavy atom. The molecule has 0 aliphatic heterocycles. The van der Waals surface area contributed by atoms with Gasteiger partial charge in [-0.3, -0.25) is 0 Å². The van der Waals surface area contributed by atoms with Gasteiger partial charge in [0.05, 0.1) is 0 Å². The predicted molar refractivity (Wildman–Crippen MR) is 251 cm³/mol. The van der Waals surface area contributed by atoms with E-state index in [9.17, 15) is 0 Å². The second-order valence-corrected chi connectivity index (χ2v) is 15.3. The molecule has 0 heterocycles. The van der Waals surface area contributed by atoms with Crippen LogP contribution in [0.15, 0.2) is 231 Å². The van der Waals surface area contributed by atoms with Gasteiger partial charge in [0.15, 0.2) is 0 Å². The molecule has 0 fully saturated rings. The Labute approximate surface area is 349 Å². The average Bonchev–Trinajstić information content (AvgIpc) is 3.29. The van der Waals surface area contributed by atoms with Gasteiger partial charge in [-0.15, -0.1) is 0 Å². The topological polar surface area (TPSA) is 6.48 Å². The molecule has 0 aliphatic rings. The van der Waals surface area contributed by atoms with Gasteiger partial charge in [-0.05, 0) is 149 Å². The molecule has 2 heteroatoms. The van der Waals surface area contributed by atoms with Gasteiger partial charge < -0.3 is 9.80 Å². The third-order valence-electron chi connectivity index (χ3n) is 11.0. The molecule has 0 radical (unpaired) electrons. The standard InChI is InChI=1S/C57H46N2/c1-42-11-9-17-56(39-42)58(53-33-25-49(26-34-53)46-13-5-3-6-14-46)52-31-21-45(22-32-52)41-44-19-23-48(24-20-44)51-29-37-55(38-30-51)59(57-18-10-12-43(2)40-57)54-35-27-50(28-36-54)47-15-7-4-8-16-47/h3-40H,41H2,1-2H3. The van der Waals surface area contributed by atoms with Gasteiger partial charge in [0.1, 0.15) is 0 Å². The van der Waals surface area contributed by atoms with E-state index in [0.717, 1.165) is 40.5 Å². The maximum Gasteiger partial charge on any atom is 0.0464 e. The molecule has 0 aromatic heterocycles. The second-order valence-electron chi connectivity index (χ2n) is 15.3. The summed E-state index contributed by atoms with van der Waals surface area (Å²) in [7, 11) is 0. The lowest BCUT2D eigenvalue weighted by Crippen LogP contribution is -2.10. The Kier molecular flexibility index (Phi) is 10.7. The molecular formula is C57H46N2. The smallest absolute Gasteiger partial charge is 0.0464 e. The van der Waals surface area contributed by atoms with Gasteiger partial charge in [0, 0.05) is 34.1 Å². The highest BCUT2D eigenvalue weighted by molar-refractivity contribution is 5.81. The van der Waals surface area contributed by atoms with E-state index in [4.69, 9.17) is 0 Å². The van der Waals surface area contributed by atoms with Gasteiger partial charge in [0.25, 0.3) is 0 Å². The van der Waals surface area contributed by atoms with Crippen LogP contribution in [0.5, 0.6) is 0 Å². The first-order chi connectivity index (χ1) is 29.0. The molecule has 59 heavy (non-hydrogen) atoms. The number of nitrogens with zero attached hydrogens (tertiary/aromatic N) is 2.